The van der Waals surface area contributed by atoms with Gasteiger partial charge in [0.05, 0.1) is 18.7 Å². The summed E-state index contributed by atoms with van der Waals surface area (Å²) in [7, 11) is 0. The van der Waals surface area contributed by atoms with Gasteiger partial charge in [-0.05, 0) is 25.5 Å². The summed E-state index contributed by atoms with van der Waals surface area (Å²) in [5.41, 5.74) is 2.09. The second-order valence-corrected chi connectivity index (χ2v) is 4.44. The molecular formula is C14H14FN3. The molecule has 0 aliphatic heterocycles. The van der Waals surface area contributed by atoms with E-state index < -0.39 is 0 Å². The summed E-state index contributed by atoms with van der Waals surface area (Å²) in [6, 6.07) is 7.15. The zero-order valence-electron chi connectivity index (χ0n) is 10.4. The molecule has 0 amide bonds. The Hall–Kier alpha value is -2.15. The Kier molecular flexibility index (Phi) is 3.42. The molecule has 0 unspecified atom stereocenters. The molecule has 0 atom stereocenters. The zero-order chi connectivity index (χ0) is 13.1. The van der Waals surface area contributed by atoms with Gasteiger partial charge in [0.25, 0.3) is 0 Å². The third-order valence-corrected chi connectivity index (χ3v) is 2.79. The molecule has 0 spiro atoms. The van der Waals surface area contributed by atoms with E-state index in [4.69, 9.17) is 5.26 Å². The van der Waals surface area contributed by atoms with Crippen molar-refractivity contribution < 1.29 is 4.39 Å². The number of nitriles is 1. The minimum absolute atomic E-state index is 0.0946. The van der Waals surface area contributed by atoms with Gasteiger partial charge in [0.2, 0.25) is 0 Å². The van der Waals surface area contributed by atoms with Crippen LogP contribution in [0.3, 0.4) is 0 Å². The van der Waals surface area contributed by atoms with Crippen LogP contribution in [-0.4, -0.2) is 9.78 Å². The van der Waals surface area contributed by atoms with Gasteiger partial charge in [0, 0.05) is 23.4 Å². The Bertz CT molecular complexity index is 593. The van der Waals surface area contributed by atoms with Gasteiger partial charge in [-0.1, -0.05) is 12.1 Å². The number of hydrogen-bond donors (Lipinski definition) is 0. The van der Waals surface area contributed by atoms with Crippen LogP contribution in [0.2, 0.25) is 0 Å². The Morgan fingerprint density at radius 2 is 2.17 bits per heavy atom. The summed E-state index contributed by atoms with van der Waals surface area (Å²) >= 11 is 0. The highest BCUT2D eigenvalue weighted by atomic mass is 19.1. The SMILES string of the molecule is CC(C)n1cc(-c2ccc(CC#N)c(F)c2)cn1. The van der Waals surface area contributed by atoms with Gasteiger partial charge < -0.3 is 0 Å². The summed E-state index contributed by atoms with van der Waals surface area (Å²) in [5.74, 6) is -0.341. The highest BCUT2D eigenvalue weighted by Gasteiger charge is 2.07. The number of benzene rings is 1. The van der Waals surface area contributed by atoms with E-state index in [9.17, 15) is 4.39 Å². The lowest BCUT2D eigenvalue weighted by molar-refractivity contribution is 0.532. The Balaban J connectivity index is 2.33. The second kappa shape index (κ2) is 5.01. The van der Waals surface area contributed by atoms with Crippen molar-refractivity contribution in [2.75, 3.05) is 0 Å². The lowest BCUT2D eigenvalue weighted by Gasteiger charge is -2.04. The summed E-state index contributed by atoms with van der Waals surface area (Å²) < 4.78 is 15.5. The molecule has 1 aromatic heterocycles. The molecule has 18 heavy (non-hydrogen) atoms. The van der Waals surface area contributed by atoms with E-state index in [1.54, 1.807) is 12.3 Å². The van der Waals surface area contributed by atoms with Gasteiger partial charge in [0.15, 0.2) is 0 Å². The van der Waals surface area contributed by atoms with Crippen molar-refractivity contribution in [3.8, 4) is 17.2 Å². The number of nitrogens with zero attached hydrogens (tertiary/aromatic N) is 3. The molecule has 0 saturated carbocycles. The van der Waals surface area contributed by atoms with E-state index in [1.165, 1.54) is 6.07 Å². The van der Waals surface area contributed by atoms with Crippen LogP contribution in [0.25, 0.3) is 11.1 Å². The number of aromatic nitrogens is 2. The first-order valence-electron chi connectivity index (χ1n) is 5.81. The van der Waals surface area contributed by atoms with Gasteiger partial charge in [-0.2, -0.15) is 10.4 Å². The molecule has 2 rings (SSSR count). The first-order chi connectivity index (χ1) is 8.61. The molecule has 92 valence electrons. The van der Waals surface area contributed by atoms with Crippen molar-refractivity contribution in [1.82, 2.24) is 9.78 Å². The molecule has 0 aliphatic rings. The lowest BCUT2D eigenvalue weighted by Crippen LogP contribution is -1.99. The van der Waals surface area contributed by atoms with E-state index in [2.05, 4.69) is 5.10 Å². The smallest absolute Gasteiger partial charge is 0.128 e. The molecule has 3 nitrogen and oxygen atoms in total. The fourth-order valence-corrected chi connectivity index (χ4v) is 1.72. The van der Waals surface area contributed by atoms with Crippen molar-refractivity contribution in [2.24, 2.45) is 0 Å². The van der Waals surface area contributed by atoms with Gasteiger partial charge in [-0.15, -0.1) is 0 Å². The largest absolute Gasteiger partial charge is 0.270 e. The van der Waals surface area contributed by atoms with Crippen molar-refractivity contribution in [3.63, 3.8) is 0 Å². The van der Waals surface area contributed by atoms with Crippen molar-refractivity contribution >= 4 is 0 Å². The maximum Gasteiger partial charge on any atom is 0.128 e. The fourth-order valence-electron chi connectivity index (χ4n) is 1.72. The third-order valence-electron chi connectivity index (χ3n) is 2.79. The van der Waals surface area contributed by atoms with E-state index in [0.717, 1.165) is 11.1 Å². The quantitative estimate of drug-likeness (QED) is 0.829. The van der Waals surface area contributed by atoms with Crippen LogP contribution in [-0.2, 0) is 6.42 Å². The van der Waals surface area contributed by atoms with E-state index in [-0.39, 0.29) is 18.3 Å². The molecule has 1 heterocycles. The molecule has 0 fully saturated rings. The van der Waals surface area contributed by atoms with Crippen LogP contribution in [0.15, 0.2) is 30.6 Å². The molecule has 0 N–H and O–H groups in total. The highest BCUT2D eigenvalue weighted by Crippen LogP contribution is 2.22. The standard InChI is InChI=1S/C14H14FN3/c1-10(2)18-9-13(8-17-18)12-4-3-11(5-6-16)14(15)7-12/h3-4,7-10H,5H2,1-2H3. The minimum Gasteiger partial charge on any atom is -0.270 e. The fraction of sp³-hybridized carbons (Fsp3) is 0.286. The van der Waals surface area contributed by atoms with Crippen LogP contribution in [0.1, 0.15) is 25.5 Å². The highest BCUT2D eigenvalue weighted by molar-refractivity contribution is 5.62. The molecule has 0 bridgehead atoms. The predicted molar refractivity (Wildman–Crippen MR) is 67.3 cm³/mol. The minimum atomic E-state index is -0.341. The van der Waals surface area contributed by atoms with Crippen molar-refractivity contribution in [2.45, 2.75) is 26.3 Å². The normalized spacial score (nSPS) is 10.6. The monoisotopic (exact) mass is 243 g/mol. The van der Waals surface area contributed by atoms with Crippen LogP contribution in [0, 0.1) is 17.1 Å². The van der Waals surface area contributed by atoms with Gasteiger partial charge in [0.1, 0.15) is 5.82 Å². The average molecular weight is 243 g/mol. The molecule has 4 heteroatoms. The molecule has 1 aromatic carbocycles. The first kappa shape index (κ1) is 12.3. The maximum absolute atomic E-state index is 13.7. The van der Waals surface area contributed by atoms with E-state index in [0.29, 0.717) is 5.56 Å². The Labute approximate surface area is 105 Å². The Morgan fingerprint density at radius 1 is 1.39 bits per heavy atom. The lowest BCUT2D eigenvalue weighted by atomic mass is 10.1. The summed E-state index contributed by atoms with van der Waals surface area (Å²) in [6.45, 7) is 4.07. The second-order valence-electron chi connectivity index (χ2n) is 4.44. The molecular weight excluding hydrogens is 229 g/mol. The third kappa shape index (κ3) is 2.40. The van der Waals surface area contributed by atoms with Crippen molar-refractivity contribution in [1.29, 1.82) is 5.26 Å². The van der Waals surface area contributed by atoms with Gasteiger partial charge >= 0.3 is 0 Å². The Morgan fingerprint density at radius 3 is 2.72 bits per heavy atom. The number of rotatable bonds is 3. The van der Waals surface area contributed by atoms with Crippen LogP contribution >= 0.6 is 0 Å². The summed E-state index contributed by atoms with van der Waals surface area (Å²) in [6.07, 6.45) is 3.71. The summed E-state index contributed by atoms with van der Waals surface area (Å²) in [4.78, 5) is 0. The molecule has 0 radical (unpaired) electrons. The van der Waals surface area contributed by atoms with E-state index in [1.807, 2.05) is 36.9 Å². The topological polar surface area (TPSA) is 41.6 Å². The molecule has 0 aliphatic carbocycles. The van der Waals surface area contributed by atoms with Crippen LogP contribution in [0.5, 0.6) is 0 Å². The van der Waals surface area contributed by atoms with Crippen LogP contribution in [0.4, 0.5) is 4.39 Å². The van der Waals surface area contributed by atoms with Gasteiger partial charge in [-0.3, -0.25) is 4.68 Å². The van der Waals surface area contributed by atoms with Crippen LogP contribution < -0.4 is 0 Å². The molecule has 0 saturated heterocycles. The molecule has 2 aromatic rings. The predicted octanol–water partition coefficient (Wildman–Crippen LogP) is 3.34. The first-order valence-corrected chi connectivity index (χ1v) is 5.81. The van der Waals surface area contributed by atoms with E-state index >= 15 is 0 Å². The number of halogens is 1. The summed E-state index contributed by atoms with van der Waals surface area (Å²) in [5, 5.41) is 12.8. The average Bonchev–Trinajstić information content (AvgIpc) is 2.81. The maximum atomic E-state index is 13.7. The van der Waals surface area contributed by atoms with Crippen molar-refractivity contribution in [3.05, 3.63) is 42.0 Å². The van der Waals surface area contributed by atoms with Gasteiger partial charge in [-0.25, -0.2) is 4.39 Å². The number of hydrogen-bond acceptors (Lipinski definition) is 2. The zero-order valence-corrected chi connectivity index (χ0v) is 10.4.